The maximum absolute atomic E-state index is 12.4. The largest absolute Gasteiger partial charge is 0.508 e. The topological polar surface area (TPSA) is 60.7 Å². The summed E-state index contributed by atoms with van der Waals surface area (Å²) >= 11 is 0. The van der Waals surface area contributed by atoms with Crippen molar-refractivity contribution in [1.29, 1.82) is 0 Å². The number of aryl methyl sites for hydroxylation is 1. The molecule has 1 aromatic carbocycles. The molecule has 16 heavy (non-hydrogen) atoms. The monoisotopic (exact) mass is 236 g/mol. The van der Waals surface area contributed by atoms with Gasteiger partial charge in [-0.25, -0.2) is 0 Å². The van der Waals surface area contributed by atoms with Crippen LogP contribution in [0.3, 0.4) is 0 Å². The van der Waals surface area contributed by atoms with E-state index in [1.165, 1.54) is 0 Å². The summed E-state index contributed by atoms with van der Waals surface area (Å²) in [6.45, 7) is -0.198. The Morgan fingerprint density at radius 2 is 1.75 bits per heavy atom. The molecule has 0 bridgehead atoms. The van der Waals surface area contributed by atoms with Gasteiger partial charge in [-0.05, 0) is 30.5 Å². The number of rotatable bonds is 3. The van der Waals surface area contributed by atoms with E-state index in [0.29, 0.717) is 6.07 Å². The molecule has 0 heterocycles. The first-order chi connectivity index (χ1) is 7.36. The van der Waals surface area contributed by atoms with Gasteiger partial charge >= 0.3 is 6.18 Å². The number of phenolic OH excluding ortho intramolecular Hbond substituents is 2. The van der Waals surface area contributed by atoms with E-state index in [1.54, 1.807) is 0 Å². The fourth-order valence-corrected chi connectivity index (χ4v) is 1.35. The van der Waals surface area contributed by atoms with E-state index in [9.17, 15) is 18.3 Å². The molecule has 0 spiro atoms. The van der Waals surface area contributed by atoms with E-state index in [1.807, 2.05) is 0 Å². The minimum absolute atomic E-state index is 0.0265. The maximum Gasteiger partial charge on any atom is 0.420 e. The van der Waals surface area contributed by atoms with Gasteiger partial charge < -0.3 is 15.3 Å². The molecule has 3 nitrogen and oxygen atoms in total. The minimum Gasteiger partial charge on any atom is -0.508 e. The number of benzene rings is 1. The van der Waals surface area contributed by atoms with Gasteiger partial charge in [0.05, 0.1) is 0 Å². The molecule has 6 heteroatoms. The predicted molar refractivity (Wildman–Crippen MR) is 50.2 cm³/mol. The van der Waals surface area contributed by atoms with Crippen LogP contribution in [-0.4, -0.2) is 21.9 Å². The molecule has 0 atom stereocenters. The Labute approximate surface area is 89.8 Å². The Morgan fingerprint density at radius 1 is 1.12 bits per heavy atom. The van der Waals surface area contributed by atoms with Gasteiger partial charge in [-0.1, -0.05) is 0 Å². The number of alkyl halides is 3. The SMILES string of the molecule is OCCCc1cc(O)cc(C(F)(F)F)c1O. The summed E-state index contributed by atoms with van der Waals surface area (Å²) in [6, 6.07) is 1.53. The summed E-state index contributed by atoms with van der Waals surface area (Å²) in [5.74, 6) is -1.45. The van der Waals surface area contributed by atoms with Crippen LogP contribution in [-0.2, 0) is 12.6 Å². The second-order valence-electron chi connectivity index (χ2n) is 3.33. The molecule has 3 N–H and O–H groups in total. The first kappa shape index (κ1) is 12.6. The second-order valence-corrected chi connectivity index (χ2v) is 3.33. The predicted octanol–water partition coefficient (Wildman–Crippen LogP) is 2.04. The van der Waals surface area contributed by atoms with Crippen LogP contribution in [0.4, 0.5) is 13.2 Å². The molecule has 0 saturated carbocycles. The lowest BCUT2D eigenvalue weighted by molar-refractivity contribution is -0.138. The average molecular weight is 236 g/mol. The van der Waals surface area contributed by atoms with Gasteiger partial charge in [0.1, 0.15) is 17.1 Å². The smallest absolute Gasteiger partial charge is 0.420 e. The quantitative estimate of drug-likeness (QED) is 0.704. The van der Waals surface area contributed by atoms with Gasteiger partial charge in [0.15, 0.2) is 0 Å². The summed E-state index contributed by atoms with van der Waals surface area (Å²) in [6.07, 6.45) is -4.43. The van der Waals surface area contributed by atoms with Crippen molar-refractivity contribution in [3.63, 3.8) is 0 Å². The van der Waals surface area contributed by atoms with Crippen molar-refractivity contribution in [3.05, 3.63) is 23.3 Å². The number of hydrogen-bond acceptors (Lipinski definition) is 3. The highest BCUT2D eigenvalue weighted by Crippen LogP contribution is 2.40. The third-order valence-electron chi connectivity index (χ3n) is 2.08. The number of aliphatic hydroxyl groups excluding tert-OH is 1. The molecule has 0 amide bonds. The summed E-state index contributed by atoms with van der Waals surface area (Å²) < 4.78 is 37.2. The van der Waals surface area contributed by atoms with Crippen LogP contribution in [0, 0.1) is 0 Å². The highest BCUT2D eigenvalue weighted by Gasteiger charge is 2.35. The Hall–Kier alpha value is -1.43. The van der Waals surface area contributed by atoms with Gasteiger partial charge in [-0.2, -0.15) is 13.2 Å². The molecular formula is C10H11F3O3. The van der Waals surface area contributed by atoms with Gasteiger partial charge in [0.25, 0.3) is 0 Å². The zero-order valence-corrected chi connectivity index (χ0v) is 8.25. The van der Waals surface area contributed by atoms with E-state index >= 15 is 0 Å². The second kappa shape index (κ2) is 4.61. The number of aliphatic hydroxyl groups is 1. The van der Waals surface area contributed by atoms with Gasteiger partial charge in [0, 0.05) is 6.61 Å². The van der Waals surface area contributed by atoms with Crippen LogP contribution in [0.2, 0.25) is 0 Å². The molecule has 0 aliphatic heterocycles. The van der Waals surface area contributed by atoms with Gasteiger partial charge in [-0.15, -0.1) is 0 Å². The van der Waals surface area contributed by atoms with Crippen molar-refractivity contribution >= 4 is 0 Å². The van der Waals surface area contributed by atoms with Crippen LogP contribution in [0.15, 0.2) is 12.1 Å². The number of aromatic hydroxyl groups is 2. The van der Waals surface area contributed by atoms with Crippen molar-refractivity contribution in [2.45, 2.75) is 19.0 Å². The van der Waals surface area contributed by atoms with Gasteiger partial charge in [-0.3, -0.25) is 0 Å². The summed E-state index contributed by atoms with van der Waals surface area (Å²) in [5.41, 5.74) is -1.29. The number of hydrogen-bond donors (Lipinski definition) is 3. The molecule has 0 aromatic heterocycles. The normalized spacial score (nSPS) is 11.8. The number of halogens is 3. The molecule has 0 saturated heterocycles. The molecule has 0 aliphatic rings. The molecule has 0 aliphatic carbocycles. The van der Waals surface area contributed by atoms with Crippen LogP contribution in [0.5, 0.6) is 11.5 Å². The van der Waals surface area contributed by atoms with Crippen molar-refractivity contribution in [2.24, 2.45) is 0 Å². The molecule has 0 fully saturated rings. The van der Waals surface area contributed by atoms with E-state index in [-0.39, 0.29) is 25.0 Å². The van der Waals surface area contributed by atoms with Gasteiger partial charge in [0.2, 0.25) is 0 Å². The first-order valence-electron chi connectivity index (χ1n) is 4.59. The van der Waals surface area contributed by atoms with Crippen LogP contribution < -0.4 is 0 Å². The average Bonchev–Trinajstić information content (AvgIpc) is 2.17. The molecule has 1 rings (SSSR count). The molecule has 0 radical (unpaired) electrons. The molecular weight excluding hydrogens is 225 g/mol. The van der Waals surface area contributed by atoms with Crippen molar-refractivity contribution in [1.82, 2.24) is 0 Å². The third kappa shape index (κ3) is 2.79. The van der Waals surface area contributed by atoms with E-state index < -0.39 is 23.2 Å². The summed E-state index contributed by atoms with van der Waals surface area (Å²) in [4.78, 5) is 0. The maximum atomic E-state index is 12.4. The van der Waals surface area contributed by atoms with Crippen LogP contribution >= 0.6 is 0 Å². The molecule has 90 valence electrons. The van der Waals surface area contributed by atoms with Crippen molar-refractivity contribution in [2.75, 3.05) is 6.61 Å². The fourth-order valence-electron chi connectivity index (χ4n) is 1.35. The lowest BCUT2D eigenvalue weighted by Crippen LogP contribution is -2.06. The van der Waals surface area contributed by atoms with Crippen molar-refractivity contribution in [3.8, 4) is 11.5 Å². The van der Waals surface area contributed by atoms with E-state index in [4.69, 9.17) is 10.2 Å². The van der Waals surface area contributed by atoms with Crippen LogP contribution in [0.1, 0.15) is 17.5 Å². The molecule has 0 unspecified atom stereocenters. The highest BCUT2D eigenvalue weighted by molar-refractivity contribution is 5.47. The van der Waals surface area contributed by atoms with Crippen LogP contribution in [0.25, 0.3) is 0 Å². The Balaban J connectivity index is 3.16. The first-order valence-corrected chi connectivity index (χ1v) is 4.59. The number of phenols is 2. The third-order valence-corrected chi connectivity index (χ3v) is 2.08. The zero-order chi connectivity index (χ0) is 12.3. The highest BCUT2D eigenvalue weighted by atomic mass is 19.4. The lowest BCUT2D eigenvalue weighted by atomic mass is 10.0. The Kier molecular flexibility index (Phi) is 3.64. The standard InChI is InChI=1S/C10H11F3O3/c11-10(12,13)8-5-7(15)4-6(9(8)16)2-1-3-14/h4-5,14-16H,1-3H2. The van der Waals surface area contributed by atoms with E-state index in [0.717, 1.165) is 6.07 Å². The minimum atomic E-state index is -4.71. The lowest BCUT2D eigenvalue weighted by Gasteiger charge is -2.13. The Morgan fingerprint density at radius 3 is 2.25 bits per heavy atom. The summed E-state index contributed by atoms with van der Waals surface area (Å²) in [7, 11) is 0. The van der Waals surface area contributed by atoms with E-state index in [2.05, 4.69) is 0 Å². The Bertz CT molecular complexity index is 374. The zero-order valence-electron chi connectivity index (χ0n) is 8.25. The molecule has 1 aromatic rings. The fraction of sp³-hybridized carbons (Fsp3) is 0.400. The van der Waals surface area contributed by atoms with Crippen molar-refractivity contribution < 1.29 is 28.5 Å². The summed E-state index contributed by atoms with van der Waals surface area (Å²) in [5, 5.41) is 27.0.